The lowest BCUT2D eigenvalue weighted by molar-refractivity contribution is -0.156. The van der Waals surface area contributed by atoms with Crippen molar-refractivity contribution < 1.29 is 4.74 Å². The van der Waals surface area contributed by atoms with E-state index in [1.807, 2.05) is 0 Å². The molecule has 2 bridgehead atoms. The second-order valence-electron chi connectivity index (χ2n) is 6.76. The van der Waals surface area contributed by atoms with Gasteiger partial charge in [-0.15, -0.1) is 0 Å². The molecule has 4 atom stereocenters. The molecule has 0 aromatic heterocycles. The maximum Gasteiger partial charge on any atom is 0.0691 e. The predicted molar refractivity (Wildman–Crippen MR) is 68.5 cm³/mol. The van der Waals surface area contributed by atoms with Crippen LogP contribution in [0, 0.1) is 17.8 Å². The number of fused-ring (bicyclic) bond motifs is 2. The Kier molecular flexibility index (Phi) is 3.63. The van der Waals surface area contributed by atoms with Crippen molar-refractivity contribution >= 4 is 0 Å². The molecule has 2 saturated carbocycles. The third-order valence-electron chi connectivity index (χ3n) is 4.74. The first-order valence-electron chi connectivity index (χ1n) is 7.18. The molecule has 0 N–H and O–H groups in total. The molecule has 0 amide bonds. The van der Waals surface area contributed by atoms with Gasteiger partial charge in [-0.25, -0.2) is 0 Å². The van der Waals surface area contributed by atoms with Crippen LogP contribution >= 0.6 is 0 Å². The molecular weight excluding hydrogens is 196 g/mol. The fraction of sp³-hybridized carbons (Fsp3) is 1.00. The van der Waals surface area contributed by atoms with Gasteiger partial charge in [0, 0.05) is 0 Å². The number of ether oxygens (including phenoxy) is 1. The zero-order valence-corrected chi connectivity index (χ0v) is 11.5. The lowest BCUT2D eigenvalue weighted by Gasteiger charge is -2.49. The summed E-state index contributed by atoms with van der Waals surface area (Å²) in [5, 5.41) is 0. The minimum Gasteiger partial charge on any atom is -0.372 e. The van der Waals surface area contributed by atoms with Gasteiger partial charge in [-0.1, -0.05) is 33.6 Å². The highest BCUT2D eigenvalue weighted by atomic mass is 16.5. The Hall–Kier alpha value is -0.0400. The van der Waals surface area contributed by atoms with E-state index in [0.717, 1.165) is 11.8 Å². The molecule has 1 nitrogen and oxygen atoms in total. The molecule has 0 radical (unpaired) electrons. The van der Waals surface area contributed by atoms with Crippen LogP contribution in [0.5, 0.6) is 0 Å². The minimum absolute atomic E-state index is 0.254. The van der Waals surface area contributed by atoms with Gasteiger partial charge in [0.1, 0.15) is 0 Å². The van der Waals surface area contributed by atoms with Gasteiger partial charge in [-0.3, -0.25) is 0 Å². The summed E-state index contributed by atoms with van der Waals surface area (Å²) in [7, 11) is 0. The molecule has 94 valence electrons. The van der Waals surface area contributed by atoms with Gasteiger partial charge < -0.3 is 4.74 Å². The van der Waals surface area contributed by atoms with Gasteiger partial charge >= 0.3 is 0 Å². The van der Waals surface area contributed by atoms with Crippen LogP contribution < -0.4 is 0 Å². The summed E-state index contributed by atoms with van der Waals surface area (Å²) in [6.45, 7) is 9.21. The summed E-state index contributed by atoms with van der Waals surface area (Å²) in [4.78, 5) is 0. The monoisotopic (exact) mass is 224 g/mol. The molecular formula is C15H28O. The van der Waals surface area contributed by atoms with E-state index in [1.165, 1.54) is 38.5 Å². The fourth-order valence-corrected chi connectivity index (χ4v) is 3.80. The first-order valence-corrected chi connectivity index (χ1v) is 7.18. The van der Waals surface area contributed by atoms with Crippen molar-refractivity contribution in [3.63, 3.8) is 0 Å². The normalized spacial score (nSPS) is 41.1. The quantitative estimate of drug-likeness (QED) is 0.690. The van der Waals surface area contributed by atoms with Gasteiger partial charge in [0.25, 0.3) is 0 Å². The van der Waals surface area contributed by atoms with E-state index in [9.17, 15) is 0 Å². The van der Waals surface area contributed by atoms with E-state index >= 15 is 0 Å². The molecule has 16 heavy (non-hydrogen) atoms. The Morgan fingerprint density at radius 2 is 1.94 bits per heavy atom. The van der Waals surface area contributed by atoms with E-state index < -0.39 is 0 Å². The SMILES string of the molecule is CC1CC2CCCC(O[C@H](C)C(C)C)(C1)C2. The first kappa shape index (κ1) is 12.4. The lowest BCUT2D eigenvalue weighted by atomic mass is 9.65. The molecule has 0 spiro atoms. The molecule has 0 aliphatic heterocycles. The Morgan fingerprint density at radius 1 is 1.19 bits per heavy atom. The van der Waals surface area contributed by atoms with Crippen molar-refractivity contribution in [2.45, 2.75) is 77.9 Å². The van der Waals surface area contributed by atoms with E-state index in [4.69, 9.17) is 4.74 Å². The van der Waals surface area contributed by atoms with Crippen molar-refractivity contribution in [1.82, 2.24) is 0 Å². The van der Waals surface area contributed by atoms with E-state index in [1.54, 1.807) is 0 Å². The van der Waals surface area contributed by atoms with Crippen LogP contribution in [-0.4, -0.2) is 11.7 Å². The summed E-state index contributed by atoms with van der Waals surface area (Å²) >= 11 is 0. The molecule has 1 heteroatoms. The molecule has 2 aliphatic carbocycles. The van der Waals surface area contributed by atoms with Gasteiger partial charge in [-0.05, 0) is 50.4 Å². The van der Waals surface area contributed by atoms with Gasteiger partial charge in [0.2, 0.25) is 0 Å². The van der Waals surface area contributed by atoms with Crippen LogP contribution in [0.2, 0.25) is 0 Å². The van der Waals surface area contributed by atoms with Crippen molar-refractivity contribution in [3.8, 4) is 0 Å². The molecule has 3 unspecified atom stereocenters. The maximum absolute atomic E-state index is 6.48. The predicted octanol–water partition coefficient (Wildman–Crippen LogP) is 4.41. The zero-order valence-electron chi connectivity index (χ0n) is 11.5. The van der Waals surface area contributed by atoms with Gasteiger partial charge in [0.05, 0.1) is 11.7 Å². The third kappa shape index (κ3) is 2.61. The number of hydrogen-bond acceptors (Lipinski definition) is 1. The highest BCUT2D eigenvalue weighted by Gasteiger charge is 2.43. The second kappa shape index (κ2) is 4.68. The van der Waals surface area contributed by atoms with Crippen LogP contribution in [0.1, 0.15) is 66.2 Å². The summed E-state index contributed by atoms with van der Waals surface area (Å²) in [5.41, 5.74) is 0.254. The standard InChI is InChI=1S/C15H28O/c1-11(2)13(4)16-15-7-5-6-14(10-15)8-12(3)9-15/h11-14H,5-10H2,1-4H3/t12?,13-,14?,15?/m1/s1. The molecule has 0 heterocycles. The summed E-state index contributed by atoms with van der Waals surface area (Å²) in [6.07, 6.45) is 8.67. The highest BCUT2D eigenvalue weighted by Crippen LogP contribution is 2.48. The van der Waals surface area contributed by atoms with Crippen molar-refractivity contribution in [2.24, 2.45) is 17.8 Å². The number of rotatable bonds is 3. The fourth-order valence-electron chi connectivity index (χ4n) is 3.80. The Balaban J connectivity index is 2.03. The molecule has 2 fully saturated rings. The summed E-state index contributed by atoms with van der Waals surface area (Å²) in [6, 6.07) is 0. The van der Waals surface area contributed by atoms with Crippen molar-refractivity contribution in [3.05, 3.63) is 0 Å². The maximum atomic E-state index is 6.48. The number of hydrogen-bond donors (Lipinski definition) is 0. The first-order chi connectivity index (χ1) is 7.51. The average molecular weight is 224 g/mol. The molecule has 0 aromatic rings. The molecule has 2 rings (SSSR count). The Bertz CT molecular complexity index is 232. The topological polar surface area (TPSA) is 9.23 Å². The molecule has 0 saturated heterocycles. The highest BCUT2D eigenvalue weighted by molar-refractivity contribution is 4.95. The van der Waals surface area contributed by atoms with E-state index in [0.29, 0.717) is 12.0 Å². The van der Waals surface area contributed by atoms with E-state index in [-0.39, 0.29) is 5.60 Å². The third-order valence-corrected chi connectivity index (χ3v) is 4.74. The van der Waals surface area contributed by atoms with Crippen LogP contribution in [0.4, 0.5) is 0 Å². The lowest BCUT2D eigenvalue weighted by Crippen LogP contribution is -2.46. The Labute approximate surface area is 101 Å². The summed E-state index contributed by atoms with van der Waals surface area (Å²) < 4.78 is 6.48. The Morgan fingerprint density at radius 3 is 2.62 bits per heavy atom. The zero-order chi connectivity index (χ0) is 11.8. The smallest absolute Gasteiger partial charge is 0.0691 e. The van der Waals surface area contributed by atoms with Crippen molar-refractivity contribution in [2.75, 3.05) is 0 Å². The van der Waals surface area contributed by atoms with E-state index in [2.05, 4.69) is 27.7 Å². The average Bonchev–Trinajstić information content (AvgIpc) is 2.15. The summed E-state index contributed by atoms with van der Waals surface area (Å²) in [5.74, 6) is 2.47. The van der Waals surface area contributed by atoms with Crippen LogP contribution in [0.3, 0.4) is 0 Å². The van der Waals surface area contributed by atoms with Crippen LogP contribution in [-0.2, 0) is 4.74 Å². The second-order valence-corrected chi connectivity index (χ2v) is 6.76. The van der Waals surface area contributed by atoms with Crippen LogP contribution in [0.15, 0.2) is 0 Å². The van der Waals surface area contributed by atoms with Crippen molar-refractivity contribution in [1.29, 1.82) is 0 Å². The van der Waals surface area contributed by atoms with Gasteiger partial charge in [0.15, 0.2) is 0 Å². The molecule has 2 aliphatic rings. The van der Waals surface area contributed by atoms with Crippen LogP contribution in [0.25, 0.3) is 0 Å². The molecule has 0 aromatic carbocycles. The van der Waals surface area contributed by atoms with Gasteiger partial charge in [-0.2, -0.15) is 0 Å². The minimum atomic E-state index is 0.254. The largest absolute Gasteiger partial charge is 0.372 e.